The van der Waals surface area contributed by atoms with Crippen molar-refractivity contribution in [1.82, 2.24) is 14.7 Å². The highest BCUT2D eigenvalue weighted by molar-refractivity contribution is 5.96. The second kappa shape index (κ2) is 10.5. The molecule has 1 saturated carbocycles. The number of alkyl halides is 3. The number of aromatic nitrogens is 2. The number of hydrogen-bond donors (Lipinski definition) is 2. The van der Waals surface area contributed by atoms with E-state index in [0.717, 1.165) is 30.0 Å². The summed E-state index contributed by atoms with van der Waals surface area (Å²) in [6.45, 7) is 1.46. The number of halogens is 4. The molecule has 0 unspecified atom stereocenters. The lowest BCUT2D eigenvalue weighted by Gasteiger charge is -2.15. The van der Waals surface area contributed by atoms with Crippen molar-refractivity contribution in [1.29, 1.82) is 0 Å². The SMILES string of the molecule is COc1ccc(F)cc1Oc1cc(NCCC(F)(F)F)c2ncc(-c3ccc(C(=O)NC4CC4)c(C)c3)n2c1. The van der Waals surface area contributed by atoms with E-state index in [4.69, 9.17) is 9.47 Å². The quantitative estimate of drug-likeness (QED) is 0.236. The van der Waals surface area contributed by atoms with Crippen LogP contribution in [0, 0.1) is 12.7 Å². The van der Waals surface area contributed by atoms with E-state index in [2.05, 4.69) is 15.6 Å². The number of pyridine rings is 1. The van der Waals surface area contributed by atoms with Crippen molar-refractivity contribution in [2.75, 3.05) is 19.0 Å². The third kappa shape index (κ3) is 6.08. The third-order valence-electron chi connectivity index (χ3n) is 6.34. The number of fused-ring (bicyclic) bond motifs is 1. The van der Waals surface area contributed by atoms with Crippen molar-refractivity contribution in [3.05, 3.63) is 71.8 Å². The third-order valence-corrected chi connectivity index (χ3v) is 6.34. The Labute approximate surface area is 221 Å². The molecular formula is C28H26F4N4O3. The average Bonchev–Trinajstić information content (AvgIpc) is 3.58. The van der Waals surface area contributed by atoms with Gasteiger partial charge in [-0.2, -0.15) is 13.2 Å². The number of carbonyl (C=O) groups excluding carboxylic acids is 1. The highest BCUT2D eigenvalue weighted by Gasteiger charge is 2.27. The fourth-order valence-electron chi connectivity index (χ4n) is 4.23. The molecule has 5 rings (SSSR count). The number of carbonyl (C=O) groups is 1. The summed E-state index contributed by atoms with van der Waals surface area (Å²) in [6, 6.07) is 10.9. The zero-order valence-electron chi connectivity index (χ0n) is 21.2. The van der Waals surface area contributed by atoms with Crippen LogP contribution in [0.2, 0.25) is 0 Å². The van der Waals surface area contributed by atoms with Gasteiger partial charge in [0.15, 0.2) is 17.1 Å². The number of benzene rings is 2. The first-order valence-electron chi connectivity index (χ1n) is 12.4. The maximum Gasteiger partial charge on any atom is 0.390 e. The molecule has 4 aromatic rings. The Kier molecular flexibility index (Phi) is 7.07. The van der Waals surface area contributed by atoms with E-state index in [1.807, 2.05) is 13.0 Å². The van der Waals surface area contributed by atoms with Crippen LogP contribution in [-0.4, -0.2) is 41.2 Å². The molecule has 0 saturated heterocycles. The topological polar surface area (TPSA) is 76.9 Å². The van der Waals surface area contributed by atoms with Crippen LogP contribution in [0.1, 0.15) is 35.2 Å². The Morgan fingerprint density at radius 3 is 2.62 bits per heavy atom. The number of anilines is 1. The summed E-state index contributed by atoms with van der Waals surface area (Å²) >= 11 is 0. The van der Waals surface area contributed by atoms with Gasteiger partial charge in [0.2, 0.25) is 0 Å². The van der Waals surface area contributed by atoms with Crippen LogP contribution >= 0.6 is 0 Å². The van der Waals surface area contributed by atoms with Crippen LogP contribution in [0.15, 0.2) is 54.9 Å². The molecule has 0 spiro atoms. The molecule has 1 amide bonds. The summed E-state index contributed by atoms with van der Waals surface area (Å²) in [7, 11) is 1.41. The van der Waals surface area contributed by atoms with Crippen LogP contribution in [0.25, 0.3) is 16.9 Å². The molecule has 1 aliphatic carbocycles. The molecule has 2 aromatic heterocycles. The standard InChI is InChI=1S/C28H26F4N4O3/c1-16-11-17(3-7-21(16)27(37)35-19-5-6-19)23-14-34-26-22(33-10-9-28(30,31)32)13-20(15-36(23)26)39-25-12-18(29)4-8-24(25)38-2/h3-4,7-8,11-15,19,33H,5-6,9-10H2,1-2H3,(H,35,37). The first-order chi connectivity index (χ1) is 18.6. The smallest absolute Gasteiger partial charge is 0.390 e. The largest absolute Gasteiger partial charge is 0.493 e. The summed E-state index contributed by atoms with van der Waals surface area (Å²) in [4.78, 5) is 17.0. The van der Waals surface area contributed by atoms with Crippen molar-refractivity contribution >= 4 is 17.2 Å². The van der Waals surface area contributed by atoms with Crippen LogP contribution in [0.4, 0.5) is 23.2 Å². The van der Waals surface area contributed by atoms with Crippen molar-refractivity contribution in [3.63, 3.8) is 0 Å². The van der Waals surface area contributed by atoms with E-state index >= 15 is 0 Å². The zero-order chi connectivity index (χ0) is 27.7. The Morgan fingerprint density at radius 1 is 1.13 bits per heavy atom. The van der Waals surface area contributed by atoms with Gasteiger partial charge in [-0.25, -0.2) is 9.37 Å². The summed E-state index contributed by atoms with van der Waals surface area (Å²) in [5.41, 5.74) is 3.37. The number of nitrogens with one attached hydrogen (secondary N) is 2. The van der Waals surface area contributed by atoms with Gasteiger partial charge in [0.05, 0.1) is 37.3 Å². The fraction of sp³-hybridized carbons (Fsp3) is 0.286. The van der Waals surface area contributed by atoms with Gasteiger partial charge >= 0.3 is 6.18 Å². The molecule has 1 fully saturated rings. The van der Waals surface area contributed by atoms with Crippen LogP contribution in [0.5, 0.6) is 17.2 Å². The highest BCUT2D eigenvalue weighted by Crippen LogP contribution is 2.36. The van der Waals surface area contributed by atoms with Gasteiger partial charge in [0, 0.05) is 35.8 Å². The summed E-state index contributed by atoms with van der Waals surface area (Å²) in [5.74, 6) is -0.0702. The lowest BCUT2D eigenvalue weighted by Crippen LogP contribution is -2.26. The molecule has 2 heterocycles. The van der Waals surface area contributed by atoms with Crippen molar-refractivity contribution < 1.29 is 31.8 Å². The zero-order valence-corrected chi connectivity index (χ0v) is 21.2. The molecule has 0 bridgehead atoms. The van der Waals surface area contributed by atoms with E-state index in [9.17, 15) is 22.4 Å². The van der Waals surface area contributed by atoms with E-state index in [1.165, 1.54) is 25.3 Å². The molecule has 0 atom stereocenters. The monoisotopic (exact) mass is 542 g/mol. The minimum Gasteiger partial charge on any atom is -0.493 e. The first-order valence-corrected chi connectivity index (χ1v) is 12.4. The molecular weight excluding hydrogens is 516 g/mol. The molecule has 2 aromatic carbocycles. The molecule has 0 aliphatic heterocycles. The number of nitrogens with zero attached hydrogens (tertiary/aromatic N) is 2. The predicted molar refractivity (Wildman–Crippen MR) is 138 cm³/mol. The van der Waals surface area contributed by atoms with Gasteiger partial charge < -0.3 is 20.1 Å². The Balaban J connectivity index is 1.53. The molecule has 2 N–H and O–H groups in total. The Hall–Kier alpha value is -4.28. The average molecular weight is 543 g/mol. The number of imidazole rings is 1. The molecule has 0 radical (unpaired) electrons. The van der Waals surface area contributed by atoms with Gasteiger partial charge in [0.1, 0.15) is 11.6 Å². The number of aryl methyl sites for hydroxylation is 1. The van der Waals surface area contributed by atoms with Gasteiger partial charge in [-0.3, -0.25) is 9.20 Å². The maximum absolute atomic E-state index is 13.9. The summed E-state index contributed by atoms with van der Waals surface area (Å²) in [5, 5.41) is 5.77. The number of rotatable bonds is 9. The lowest BCUT2D eigenvalue weighted by atomic mass is 10.0. The number of amides is 1. The van der Waals surface area contributed by atoms with Gasteiger partial charge in [-0.1, -0.05) is 6.07 Å². The molecule has 39 heavy (non-hydrogen) atoms. The minimum atomic E-state index is -4.34. The normalized spacial score (nSPS) is 13.4. The highest BCUT2D eigenvalue weighted by atomic mass is 19.4. The summed E-state index contributed by atoms with van der Waals surface area (Å²) in [6.07, 6.45) is -0.210. The molecule has 7 nitrogen and oxygen atoms in total. The van der Waals surface area contributed by atoms with Gasteiger partial charge in [0.25, 0.3) is 5.91 Å². The number of methoxy groups -OCH3 is 1. The van der Waals surface area contributed by atoms with Crippen molar-refractivity contribution in [3.8, 4) is 28.5 Å². The second-order valence-electron chi connectivity index (χ2n) is 9.39. The second-order valence-corrected chi connectivity index (χ2v) is 9.39. The van der Waals surface area contributed by atoms with E-state index < -0.39 is 18.4 Å². The van der Waals surface area contributed by atoms with E-state index in [1.54, 1.807) is 28.9 Å². The lowest BCUT2D eigenvalue weighted by molar-refractivity contribution is -0.131. The maximum atomic E-state index is 13.9. The predicted octanol–water partition coefficient (Wildman–Crippen LogP) is 6.51. The van der Waals surface area contributed by atoms with Crippen molar-refractivity contribution in [2.24, 2.45) is 0 Å². The number of hydrogen-bond acceptors (Lipinski definition) is 5. The molecule has 1 aliphatic rings. The molecule has 11 heteroatoms. The van der Waals surface area contributed by atoms with Gasteiger partial charge in [-0.05, 0) is 49.6 Å². The number of ether oxygens (including phenoxy) is 2. The Bertz CT molecular complexity index is 1530. The van der Waals surface area contributed by atoms with Crippen LogP contribution < -0.4 is 20.1 Å². The van der Waals surface area contributed by atoms with Crippen LogP contribution in [0.3, 0.4) is 0 Å². The Morgan fingerprint density at radius 2 is 1.92 bits per heavy atom. The van der Waals surface area contributed by atoms with Crippen molar-refractivity contribution in [2.45, 2.75) is 38.4 Å². The van der Waals surface area contributed by atoms with E-state index in [-0.39, 0.29) is 35.7 Å². The van der Waals surface area contributed by atoms with Crippen LogP contribution in [-0.2, 0) is 0 Å². The summed E-state index contributed by atoms with van der Waals surface area (Å²) < 4.78 is 65.3. The van der Waals surface area contributed by atoms with Gasteiger partial charge in [-0.15, -0.1) is 0 Å². The van der Waals surface area contributed by atoms with E-state index in [0.29, 0.717) is 22.6 Å². The molecule has 204 valence electrons. The first kappa shape index (κ1) is 26.3. The fourth-order valence-corrected chi connectivity index (χ4v) is 4.23. The minimum absolute atomic E-state index is 0.0987.